The first-order chi connectivity index (χ1) is 6.61. The fraction of sp³-hybridized carbons (Fsp3) is 0.600. The monoisotopic (exact) mass is 211 g/mol. The third-order valence-corrected chi connectivity index (χ3v) is 2.04. The number of aryl methyl sites for hydroxylation is 1. The third-order valence-electron chi connectivity index (χ3n) is 1.83. The summed E-state index contributed by atoms with van der Waals surface area (Å²) in [7, 11) is 4.04. The van der Waals surface area contributed by atoms with E-state index in [9.17, 15) is 0 Å². The fourth-order valence-corrected chi connectivity index (χ4v) is 1.59. The molecule has 0 fully saturated rings. The maximum Gasteiger partial charge on any atom is 0.130 e. The van der Waals surface area contributed by atoms with Crippen molar-refractivity contribution in [1.82, 2.24) is 14.9 Å². The van der Waals surface area contributed by atoms with Gasteiger partial charge in [-0.25, -0.2) is 4.98 Å². The Bertz CT molecular complexity index is 343. The Morgan fingerprint density at radius 3 is 2.79 bits per heavy atom. The van der Waals surface area contributed by atoms with Crippen molar-refractivity contribution in [3.05, 3.63) is 22.2 Å². The highest BCUT2D eigenvalue weighted by molar-refractivity contribution is 7.71. The van der Waals surface area contributed by atoms with Crippen LogP contribution in [0.4, 0.5) is 0 Å². The molecular formula is C10H17N3S. The normalized spacial score (nSPS) is 10.9. The molecule has 1 rings (SSSR count). The molecule has 0 unspecified atom stereocenters. The highest BCUT2D eigenvalue weighted by atomic mass is 32.1. The van der Waals surface area contributed by atoms with E-state index in [0.717, 1.165) is 25.2 Å². The average molecular weight is 211 g/mol. The van der Waals surface area contributed by atoms with E-state index in [0.29, 0.717) is 4.64 Å². The van der Waals surface area contributed by atoms with Crippen LogP contribution in [0, 0.1) is 4.64 Å². The summed E-state index contributed by atoms with van der Waals surface area (Å²) < 4.78 is 0.684. The van der Waals surface area contributed by atoms with E-state index >= 15 is 0 Å². The summed E-state index contributed by atoms with van der Waals surface area (Å²) in [4.78, 5) is 9.64. The van der Waals surface area contributed by atoms with E-state index in [1.54, 1.807) is 0 Å². The molecule has 1 heterocycles. The van der Waals surface area contributed by atoms with Crippen molar-refractivity contribution in [1.29, 1.82) is 0 Å². The molecular weight excluding hydrogens is 194 g/mol. The molecule has 0 saturated heterocycles. The van der Waals surface area contributed by atoms with Crippen LogP contribution in [-0.4, -0.2) is 29.0 Å². The lowest BCUT2D eigenvalue weighted by Gasteiger charge is -2.10. The number of hydrogen-bond acceptors (Lipinski definition) is 3. The minimum Gasteiger partial charge on any atom is -0.346 e. The summed E-state index contributed by atoms with van der Waals surface area (Å²) in [6.07, 6.45) is 2.16. The molecule has 0 radical (unpaired) electrons. The number of rotatable bonds is 4. The second kappa shape index (κ2) is 5.22. The minimum atomic E-state index is 0.684. The van der Waals surface area contributed by atoms with Crippen LogP contribution < -0.4 is 0 Å². The lowest BCUT2D eigenvalue weighted by molar-refractivity contribution is 0.389. The molecule has 78 valence electrons. The number of nitrogens with one attached hydrogen (secondary N) is 1. The molecule has 0 atom stereocenters. The zero-order chi connectivity index (χ0) is 10.6. The van der Waals surface area contributed by atoms with Crippen LogP contribution in [-0.2, 0) is 13.0 Å². The van der Waals surface area contributed by atoms with Gasteiger partial charge in [-0.2, -0.15) is 0 Å². The molecule has 0 bridgehead atoms. The van der Waals surface area contributed by atoms with Crippen molar-refractivity contribution in [3.8, 4) is 0 Å². The van der Waals surface area contributed by atoms with Gasteiger partial charge in [-0.05, 0) is 26.6 Å². The maximum absolute atomic E-state index is 5.10. The lowest BCUT2D eigenvalue weighted by Crippen LogP contribution is -2.14. The van der Waals surface area contributed by atoms with Gasteiger partial charge < -0.3 is 9.88 Å². The average Bonchev–Trinajstić information content (AvgIpc) is 2.01. The Labute approximate surface area is 90.2 Å². The summed E-state index contributed by atoms with van der Waals surface area (Å²) in [5.41, 5.74) is 1.18. The number of H-pyrrole nitrogens is 1. The first-order valence-electron chi connectivity index (χ1n) is 4.85. The first kappa shape index (κ1) is 11.3. The Morgan fingerprint density at radius 1 is 1.50 bits per heavy atom. The zero-order valence-electron chi connectivity index (χ0n) is 9.00. The Balaban J connectivity index is 2.89. The molecule has 1 aromatic heterocycles. The Morgan fingerprint density at radius 2 is 2.21 bits per heavy atom. The standard InChI is InChI=1S/C10H17N3S/c1-4-5-8-6-10(14)12-9(11-8)7-13(2)3/h6H,4-5,7H2,1-3H3,(H,11,12,14). The van der Waals surface area contributed by atoms with Crippen LogP contribution in [0.1, 0.15) is 24.9 Å². The van der Waals surface area contributed by atoms with Crippen LogP contribution in [0.2, 0.25) is 0 Å². The van der Waals surface area contributed by atoms with Gasteiger partial charge in [0.2, 0.25) is 0 Å². The van der Waals surface area contributed by atoms with E-state index in [4.69, 9.17) is 12.2 Å². The SMILES string of the molecule is CCCc1cc(=S)nc(CN(C)C)[nH]1. The fourth-order valence-electron chi connectivity index (χ4n) is 1.34. The van der Waals surface area contributed by atoms with Crippen molar-refractivity contribution in [3.63, 3.8) is 0 Å². The topological polar surface area (TPSA) is 31.9 Å². The highest BCUT2D eigenvalue weighted by Crippen LogP contribution is 2.02. The first-order valence-corrected chi connectivity index (χ1v) is 5.26. The van der Waals surface area contributed by atoms with E-state index in [1.807, 2.05) is 20.2 Å². The van der Waals surface area contributed by atoms with Gasteiger partial charge >= 0.3 is 0 Å². The molecule has 0 saturated carbocycles. The molecule has 1 aromatic rings. The summed E-state index contributed by atoms with van der Waals surface area (Å²) in [5, 5.41) is 0. The summed E-state index contributed by atoms with van der Waals surface area (Å²) >= 11 is 5.10. The minimum absolute atomic E-state index is 0.684. The molecule has 0 spiro atoms. The molecule has 0 aliphatic carbocycles. The predicted octanol–water partition coefficient (Wildman–Crippen LogP) is 2.15. The van der Waals surface area contributed by atoms with Crippen molar-refractivity contribution in [2.45, 2.75) is 26.3 Å². The molecule has 1 N–H and O–H groups in total. The van der Waals surface area contributed by atoms with Gasteiger partial charge in [-0.15, -0.1) is 0 Å². The van der Waals surface area contributed by atoms with Crippen LogP contribution in [0.5, 0.6) is 0 Å². The van der Waals surface area contributed by atoms with Crippen molar-refractivity contribution in [2.75, 3.05) is 14.1 Å². The van der Waals surface area contributed by atoms with Crippen LogP contribution >= 0.6 is 12.2 Å². The van der Waals surface area contributed by atoms with E-state index in [-0.39, 0.29) is 0 Å². The Kier molecular flexibility index (Phi) is 4.22. The van der Waals surface area contributed by atoms with Crippen molar-refractivity contribution >= 4 is 12.2 Å². The smallest absolute Gasteiger partial charge is 0.130 e. The Hall–Kier alpha value is -0.740. The summed E-state index contributed by atoms with van der Waals surface area (Å²) in [5.74, 6) is 0.950. The largest absolute Gasteiger partial charge is 0.346 e. The number of aromatic amines is 1. The second-order valence-electron chi connectivity index (χ2n) is 3.68. The van der Waals surface area contributed by atoms with Gasteiger partial charge in [-0.3, -0.25) is 0 Å². The lowest BCUT2D eigenvalue weighted by atomic mass is 10.2. The van der Waals surface area contributed by atoms with Gasteiger partial charge in [0.1, 0.15) is 10.5 Å². The van der Waals surface area contributed by atoms with E-state index < -0.39 is 0 Å². The molecule has 0 amide bonds. The van der Waals surface area contributed by atoms with Crippen molar-refractivity contribution < 1.29 is 0 Å². The van der Waals surface area contributed by atoms with Gasteiger partial charge in [0.15, 0.2) is 0 Å². The summed E-state index contributed by atoms with van der Waals surface area (Å²) in [6.45, 7) is 2.96. The van der Waals surface area contributed by atoms with Gasteiger partial charge in [0.05, 0.1) is 6.54 Å². The van der Waals surface area contributed by atoms with Crippen LogP contribution in [0.3, 0.4) is 0 Å². The highest BCUT2D eigenvalue weighted by Gasteiger charge is 1.99. The third kappa shape index (κ3) is 3.55. The molecule has 4 heteroatoms. The summed E-state index contributed by atoms with van der Waals surface area (Å²) in [6, 6.07) is 1.94. The maximum atomic E-state index is 5.10. The number of hydrogen-bond donors (Lipinski definition) is 1. The van der Waals surface area contributed by atoms with Crippen molar-refractivity contribution in [2.24, 2.45) is 0 Å². The predicted molar refractivity (Wildman–Crippen MR) is 60.8 cm³/mol. The van der Waals surface area contributed by atoms with Crippen LogP contribution in [0.15, 0.2) is 6.07 Å². The quantitative estimate of drug-likeness (QED) is 0.774. The van der Waals surface area contributed by atoms with E-state index in [1.165, 1.54) is 5.69 Å². The van der Waals surface area contributed by atoms with E-state index in [2.05, 4.69) is 21.8 Å². The molecule has 0 aliphatic heterocycles. The molecule has 3 nitrogen and oxygen atoms in total. The molecule has 14 heavy (non-hydrogen) atoms. The van der Waals surface area contributed by atoms with Gasteiger partial charge in [0.25, 0.3) is 0 Å². The zero-order valence-corrected chi connectivity index (χ0v) is 9.82. The van der Waals surface area contributed by atoms with Crippen LogP contribution in [0.25, 0.3) is 0 Å². The molecule has 0 aliphatic rings. The second-order valence-corrected chi connectivity index (χ2v) is 4.10. The van der Waals surface area contributed by atoms with Gasteiger partial charge in [-0.1, -0.05) is 25.6 Å². The number of nitrogens with zero attached hydrogens (tertiary/aromatic N) is 2. The number of aromatic nitrogens is 2. The molecule has 0 aromatic carbocycles. The van der Waals surface area contributed by atoms with Gasteiger partial charge in [0, 0.05) is 5.69 Å².